The highest BCUT2D eigenvalue weighted by Crippen LogP contribution is 2.33. The number of carbonyl (C=O) groups excluding carboxylic acids is 1. The van der Waals surface area contributed by atoms with Crippen LogP contribution in [0.4, 0.5) is 10.1 Å². The number of rotatable bonds is 1. The Hall–Kier alpha value is -2.75. The normalized spacial score (nSPS) is 16.5. The molecule has 4 rings (SSSR count). The number of fused-ring (bicyclic) bond motifs is 2. The first-order valence-corrected chi connectivity index (χ1v) is 8.03. The molecule has 0 spiro atoms. The molecule has 3 aromatic rings. The van der Waals surface area contributed by atoms with Gasteiger partial charge in [-0.2, -0.15) is 0 Å². The minimum Gasteiger partial charge on any atom is -0.305 e. The van der Waals surface area contributed by atoms with Crippen molar-refractivity contribution in [3.63, 3.8) is 0 Å². The number of hydrogen-bond acceptors (Lipinski definition) is 2. The Labute approximate surface area is 139 Å². The van der Waals surface area contributed by atoms with Gasteiger partial charge in [-0.3, -0.25) is 9.78 Å². The van der Waals surface area contributed by atoms with Crippen molar-refractivity contribution in [3.8, 4) is 0 Å². The Morgan fingerprint density at radius 1 is 1.21 bits per heavy atom. The van der Waals surface area contributed by atoms with E-state index in [2.05, 4.69) is 11.1 Å². The summed E-state index contributed by atoms with van der Waals surface area (Å²) in [6.07, 6.45) is 0.844. The Kier molecular flexibility index (Phi) is 3.34. The first-order chi connectivity index (χ1) is 11.5. The standard InChI is InChI=1S/C20H17FN2O/c1-12-9-14-5-3-4-6-19(14)23(12)20(24)17-11-15-10-16(21)7-8-18(15)22-13(17)2/h3-8,10-12H,9H2,1-2H3/t12-/m0/s1. The molecule has 4 heteroatoms. The number of amides is 1. The Morgan fingerprint density at radius 2 is 2.00 bits per heavy atom. The van der Waals surface area contributed by atoms with Crippen molar-refractivity contribution in [1.82, 2.24) is 4.98 Å². The van der Waals surface area contributed by atoms with Crippen LogP contribution in [-0.4, -0.2) is 16.9 Å². The lowest BCUT2D eigenvalue weighted by Crippen LogP contribution is -2.36. The summed E-state index contributed by atoms with van der Waals surface area (Å²) < 4.78 is 13.5. The maximum Gasteiger partial charge on any atom is 0.260 e. The topological polar surface area (TPSA) is 33.2 Å². The SMILES string of the molecule is Cc1nc2ccc(F)cc2cc1C(=O)N1c2ccccc2C[C@@H]1C. The number of carbonyl (C=O) groups is 1. The molecule has 1 aromatic heterocycles. The van der Waals surface area contributed by atoms with E-state index in [1.54, 1.807) is 12.1 Å². The number of pyridine rings is 1. The van der Waals surface area contributed by atoms with Gasteiger partial charge in [-0.15, -0.1) is 0 Å². The van der Waals surface area contributed by atoms with Crippen molar-refractivity contribution in [2.45, 2.75) is 26.3 Å². The second-order valence-electron chi connectivity index (χ2n) is 6.32. The lowest BCUT2D eigenvalue weighted by Gasteiger charge is -2.23. The lowest BCUT2D eigenvalue weighted by atomic mass is 10.1. The average Bonchev–Trinajstić information content (AvgIpc) is 2.89. The van der Waals surface area contributed by atoms with Crippen LogP contribution in [0.1, 0.15) is 28.5 Å². The second-order valence-corrected chi connectivity index (χ2v) is 6.32. The van der Waals surface area contributed by atoms with E-state index in [0.717, 1.165) is 12.1 Å². The molecule has 24 heavy (non-hydrogen) atoms. The molecule has 1 aliphatic rings. The molecule has 3 nitrogen and oxygen atoms in total. The average molecular weight is 320 g/mol. The van der Waals surface area contributed by atoms with Gasteiger partial charge < -0.3 is 4.90 Å². The number of benzene rings is 2. The Morgan fingerprint density at radius 3 is 2.83 bits per heavy atom. The van der Waals surface area contributed by atoms with Gasteiger partial charge in [0.15, 0.2) is 0 Å². The van der Waals surface area contributed by atoms with E-state index >= 15 is 0 Å². The van der Waals surface area contributed by atoms with Gasteiger partial charge in [0.2, 0.25) is 0 Å². The fourth-order valence-electron chi connectivity index (χ4n) is 3.46. The van der Waals surface area contributed by atoms with Crippen molar-refractivity contribution in [2.75, 3.05) is 4.90 Å². The summed E-state index contributed by atoms with van der Waals surface area (Å²) in [6, 6.07) is 14.2. The molecular weight excluding hydrogens is 303 g/mol. The van der Waals surface area contributed by atoms with Gasteiger partial charge in [0, 0.05) is 17.1 Å². The van der Waals surface area contributed by atoms with Gasteiger partial charge in [-0.1, -0.05) is 18.2 Å². The van der Waals surface area contributed by atoms with Gasteiger partial charge in [-0.25, -0.2) is 4.39 Å². The summed E-state index contributed by atoms with van der Waals surface area (Å²) in [5.74, 6) is -0.407. The van der Waals surface area contributed by atoms with E-state index in [1.165, 1.54) is 17.7 Å². The smallest absolute Gasteiger partial charge is 0.260 e. The zero-order valence-corrected chi connectivity index (χ0v) is 13.6. The summed E-state index contributed by atoms with van der Waals surface area (Å²) in [4.78, 5) is 19.5. The van der Waals surface area contributed by atoms with Crippen LogP contribution in [0.5, 0.6) is 0 Å². The summed E-state index contributed by atoms with van der Waals surface area (Å²) in [5, 5.41) is 0.643. The van der Waals surface area contributed by atoms with Crippen LogP contribution < -0.4 is 4.90 Å². The van der Waals surface area contributed by atoms with Gasteiger partial charge in [0.1, 0.15) is 5.82 Å². The Balaban J connectivity index is 1.82. The maximum atomic E-state index is 13.5. The van der Waals surface area contributed by atoms with Gasteiger partial charge >= 0.3 is 0 Å². The number of aryl methyl sites for hydroxylation is 1. The molecule has 0 saturated carbocycles. The van der Waals surface area contributed by atoms with Crippen LogP contribution in [0.15, 0.2) is 48.5 Å². The molecule has 0 N–H and O–H groups in total. The zero-order valence-electron chi connectivity index (χ0n) is 13.6. The Bertz CT molecular complexity index is 967. The first kappa shape index (κ1) is 14.8. The molecule has 0 unspecified atom stereocenters. The van der Waals surface area contributed by atoms with Crippen LogP contribution in [0, 0.1) is 12.7 Å². The van der Waals surface area contributed by atoms with Crippen LogP contribution in [0.25, 0.3) is 10.9 Å². The largest absolute Gasteiger partial charge is 0.305 e. The highest BCUT2D eigenvalue weighted by molar-refractivity contribution is 6.09. The fourth-order valence-corrected chi connectivity index (χ4v) is 3.46. The number of nitrogens with zero attached hydrogens (tertiary/aromatic N) is 2. The van der Waals surface area contributed by atoms with Crippen LogP contribution in [0.3, 0.4) is 0 Å². The van der Waals surface area contributed by atoms with Gasteiger partial charge in [0.05, 0.1) is 16.8 Å². The van der Waals surface area contributed by atoms with Crippen LogP contribution >= 0.6 is 0 Å². The van der Waals surface area contributed by atoms with E-state index in [4.69, 9.17) is 0 Å². The van der Waals surface area contributed by atoms with E-state index in [0.29, 0.717) is 22.2 Å². The molecule has 1 atom stereocenters. The summed E-state index contributed by atoms with van der Waals surface area (Å²) in [5.41, 5.74) is 4.01. The number of hydrogen-bond donors (Lipinski definition) is 0. The summed E-state index contributed by atoms with van der Waals surface area (Å²) in [7, 11) is 0. The van der Waals surface area contributed by atoms with Crippen molar-refractivity contribution in [1.29, 1.82) is 0 Å². The fraction of sp³-hybridized carbons (Fsp3) is 0.200. The minimum atomic E-state index is -0.327. The minimum absolute atomic E-state index is 0.0800. The molecule has 0 radical (unpaired) electrons. The monoisotopic (exact) mass is 320 g/mol. The second kappa shape index (κ2) is 5.41. The van der Waals surface area contributed by atoms with E-state index in [9.17, 15) is 9.18 Å². The third-order valence-corrected chi connectivity index (χ3v) is 4.62. The van der Waals surface area contributed by atoms with Crippen LogP contribution in [-0.2, 0) is 6.42 Å². The van der Waals surface area contributed by atoms with Crippen molar-refractivity contribution in [2.24, 2.45) is 0 Å². The third kappa shape index (κ3) is 2.26. The van der Waals surface area contributed by atoms with Gasteiger partial charge in [-0.05, 0) is 56.2 Å². The summed E-state index contributed by atoms with van der Waals surface area (Å²) in [6.45, 7) is 3.87. The number of aromatic nitrogens is 1. The molecule has 0 bridgehead atoms. The molecule has 1 amide bonds. The molecule has 1 aliphatic heterocycles. The number of halogens is 1. The molecule has 120 valence electrons. The first-order valence-electron chi connectivity index (χ1n) is 8.03. The zero-order chi connectivity index (χ0) is 16.8. The van der Waals surface area contributed by atoms with Crippen molar-refractivity contribution < 1.29 is 9.18 Å². The lowest BCUT2D eigenvalue weighted by molar-refractivity contribution is 0.0980. The molecule has 0 fully saturated rings. The molecule has 2 heterocycles. The van der Waals surface area contributed by atoms with Crippen molar-refractivity contribution >= 4 is 22.5 Å². The number of anilines is 1. The third-order valence-electron chi connectivity index (χ3n) is 4.62. The van der Waals surface area contributed by atoms with Crippen molar-refractivity contribution in [3.05, 3.63) is 71.2 Å². The quantitative estimate of drug-likeness (QED) is 0.671. The van der Waals surface area contributed by atoms with Crippen LogP contribution in [0.2, 0.25) is 0 Å². The molecule has 2 aromatic carbocycles. The predicted molar refractivity (Wildman–Crippen MR) is 92.9 cm³/mol. The van der Waals surface area contributed by atoms with E-state index < -0.39 is 0 Å². The highest BCUT2D eigenvalue weighted by atomic mass is 19.1. The summed E-state index contributed by atoms with van der Waals surface area (Å²) >= 11 is 0. The van der Waals surface area contributed by atoms with E-state index in [1.807, 2.05) is 36.9 Å². The number of para-hydroxylation sites is 1. The highest BCUT2D eigenvalue weighted by Gasteiger charge is 2.32. The van der Waals surface area contributed by atoms with Gasteiger partial charge in [0.25, 0.3) is 5.91 Å². The maximum absolute atomic E-state index is 13.5. The van der Waals surface area contributed by atoms with E-state index in [-0.39, 0.29) is 17.8 Å². The molecule has 0 saturated heterocycles. The predicted octanol–water partition coefficient (Wildman–Crippen LogP) is 4.27. The molecule has 0 aliphatic carbocycles. The molecular formula is C20H17FN2O.